The second-order valence-electron chi connectivity index (χ2n) is 6.38. The number of hydrogen-bond acceptors (Lipinski definition) is 5. The molecule has 4 rings (SSSR count). The molecule has 7 nitrogen and oxygen atoms in total. The van der Waals surface area contributed by atoms with Crippen LogP contribution in [0.5, 0.6) is 11.5 Å². The third kappa shape index (κ3) is 4.08. The molecule has 2 aliphatic rings. The Morgan fingerprint density at radius 3 is 2.67 bits per heavy atom. The van der Waals surface area contributed by atoms with Crippen molar-refractivity contribution < 1.29 is 23.0 Å². The maximum Gasteiger partial charge on any atom is 0.586 e. The van der Waals surface area contributed by atoms with E-state index in [2.05, 4.69) is 24.7 Å². The van der Waals surface area contributed by atoms with Gasteiger partial charge in [0.25, 0.3) is 0 Å². The van der Waals surface area contributed by atoms with Gasteiger partial charge in [-0.15, -0.1) is 8.78 Å². The normalized spacial score (nSPS) is 18.4. The van der Waals surface area contributed by atoms with Crippen LogP contribution in [0.3, 0.4) is 0 Å². The Kier molecular flexibility index (Phi) is 4.53. The summed E-state index contributed by atoms with van der Waals surface area (Å²) in [5.41, 5.74) is 1.51. The van der Waals surface area contributed by atoms with Gasteiger partial charge < -0.3 is 19.7 Å². The number of fused-ring (bicyclic) bond motifs is 1. The molecule has 9 heteroatoms. The number of rotatable bonds is 3. The lowest BCUT2D eigenvalue weighted by Gasteiger charge is -2.34. The second kappa shape index (κ2) is 6.99. The first kappa shape index (κ1) is 17.5. The minimum atomic E-state index is -3.67. The van der Waals surface area contributed by atoms with Crippen LogP contribution in [0.1, 0.15) is 5.56 Å². The molecule has 3 heterocycles. The number of nitrogens with one attached hydrogen (secondary N) is 1. The zero-order valence-electron chi connectivity index (χ0n) is 14.4. The van der Waals surface area contributed by atoms with E-state index in [1.54, 1.807) is 11.1 Å². The van der Waals surface area contributed by atoms with Crippen LogP contribution in [0, 0.1) is 0 Å². The van der Waals surface area contributed by atoms with Gasteiger partial charge in [-0.05, 0) is 23.8 Å². The molecule has 1 aromatic heterocycles. The van der Waals surface area contributed by atoms with Gasteiger partial charge in [0.15, 0.2) is 11.5 Å². The Hall–Kier alpha value is -2.94. The number of anilines is 1. The average molecular weight is 376 g/mol. The molecule has 2 aromatic rings. The Bertz CT molecular complexity index is 827. The molecule has 0 radical (unpaired) electrons. The number of carbonyl (C=O) groups is 1. The molecule has 0 atom stereocenters. The van der Waals surface area contributed by atoms with Crippen molar-refractivity contribution in [2.75, 3.05) is 31.5 Å². The topological polar surface area (TPSA) is 66.9 Å². The fraction of sp³-hybridized carbons (Fsp3) is 0.333. The van der Waals surface area contributed by atoms with Crippen molar-refractivity contribution in [3.8, 4) is 11.5 Å². The van der Waals surface area contributed by atoms with Gasteiger partial charge in [0, 0.05) is 56.9 Å². The first-order chi connectivity index (χ1) is 13.0. The molecule has 1 aromatic carbocycles. The Balaban J connectivity index is 1.30. The highest BCUT2D eigenvalue weighted by Crippen LogP contribution is 2.42. The summed E-state index contributed by atoms with van der Waals surface area (Å²) in [5, 5.41) is 2.71. The summed E-state index contributed by atoms with van der Waals surface area (Å²) in [6.45, 7) is 3.44. The third-order valence-electron chi connectivity index (χ3n) is 4.44. The summed E-state index contributed by atoms with van der Waals surface area (Å²) in [7, 11) is 0. The number of halogens is 2. The summed E-state index contributed by atoms with van der Waals surface area (Å²) in [5.74, 6) is -0.152. The molecule has 0 unspecified atom stereocenters. The third-order valence-corrected chi connectivity index (χ3v) is 4.44. The highest BCUT2D eigenvalue weighted by molar-refractivity contribution is 5.89. The molecule has 0 aliphatic carbocycles. The second-order valence-corrected chi connectivity index (χ2v) is 6.38. The number of hydrogen-bond donors (Lipinski definition) is 1. The monoisotopic (exact) mass is 376 g/mol. The SMILES string of the molecule is O=C(Nc1ccc2c(c1)OC(F)(F)O2)N1CCN(Cc2cccnc2)CC1. The standard InChI is InChI=1S/C18H18F2N4O3/c19-18(20)26-15-4-3-14(10-16(15)27-18)22-17(25)24-8-6-23(7-9-24)12-13-2-1-5-21-11-13/h1-5,10-11H,6-9,12H2,(H,22,25). The zero-order chi connectivity index (χ0) is 18.9. The number of aromatic nitrogens is 1. The number of piperazine rings is 1. The highest BCUT2D eigenvalue weighted by Gasteiger charge is 2.43. The van der Waals surface area contributed by atoms with Crippen molar-refractivity contribution in [1.82, 2.24) is 14.8 Å². The van der Waals surface area contributed by atoms with E-state index in [0.717, 1.165) is 25.2 Å². The van der Waals surface area contributed by atoms with Gasteiger partial charge in [-0.2, -0.15) is 0 Å². The van der Waals surface area contributed by atoms with Gasteiger partial charge in [-0.3, -0.25) is 9.88 Å². The molecular formula is C18H18F2N4O3. The minimum Gasteiger partial charge on any atom is -0.395 e. The Labute approximate surface area is 154 Å². The van der Waals surface area contributed by atoms with Crippen LogP contribution in [-0.2, 0) is 6.54 Å². The molecule has 0 saturated carbocycles. The molecule has 0 bridgehead atoms. The molecule has 2 amide bonds. The van der Waals surface area contributed by atoms with Crippen LogP contribution in [0.25, 0.3) is 0 Å². The predicted molar refractivity (Wildman–Crippen MR) is 92.8 cm³/mol. The maximum absolute atomic E-state index is 13.1. The fourth-order valence-electron chi connectivity index (χ4n) is 3.09. The van der Waals surface area contributed by atoms with Crippen molar-refractivity contribution in [2.45, 2.75) is 12.8 Å². The molecule has 2 aliphatic heterocycles. The number of ether oxygens (including phenoxy) is 2. The van der Waals surface area contributed by atoms with Crippen LogP contribution < -0.4 is 14.8 Å². The van der Waals surface area contributed by atoms with Gasteiger partial charge in [-0.25, -0.2) is 4.79 Å². The number of benzene rings is 1. The molecule has 27 heavy (non-hydrogen) atoms. The lowest BCUT2D eigenvalue weighted by molar-refractivity contribution is -0.286. The van der Waals surface area contributed by atoms with Gasteiger partial charge >= 0.3 is 12.3 Å². The summed E-state index contributed by atoms with van der Waals surface area (Å²) in [4.78, 5) is 20.5. The number of nitrogens with zero attached hydrogens (tertiary/aromatic N) is 3. The summed E-state index contributed by atoms with van der Waals surface area (Å²) >= 11 is 0. The van der Waals surface area contributed by atoms with Crippen LogP contribution in [0.4, 0.5) is 19.3 Å². The lowest BCUT2D eigenvalue weighted by Crippen LogP contribution is -2.49. The van der Waals surface area contributed by atoms with E-state index in [4.69, 9.17) is 0 Å². The van der Waals surface area contributed by atoms with Crippen molar-refractivity contribution in [3.05, 3.63) is 48.3 Å². The van der Waals surface area contributed by atoms with Crippen molar-refractivity contribution >= 4 is 11.7 Å². The minimum absolute atomic E-state index is 0.0537. The van der Waals surface area contributed by atoms with Crippen molar-refractivity contribution in [2.24, 2.45) is 0 Å². The number of carbonyl (C=O) groups excluding carboxylic acids is 1. The van der Waals surface area contributed by atoms with Crippen molar-refractivity contribution in [3.63, 3.8) is 0 Å². The van der Waals surface area contributed by atoms with Gasteiger partial charge in [0.1, 0.15) is 0 Å². The van der Waals surface area contributed by atoms with E-state index in [9.17, 15) is 13.6 Å². The number of pyridine rings is 1. The van der Waals surface area contributed by atoms with Gasteiger partial charge in [0.05, 0.1) is 0 Å². The fourth-order valence-corrected chi connectivity index (χ4v) is 3.09. The number of urea groups is 1. The number of alkyl halides is 2. The maximum atomic E-state index is 13.1. The first-order valence-electron chi connectivity index (χ1n) is 8.56. The van der Waals surface area contributed by atoms with Crippen molar-refractivity contribution in [1.29, 1.82) is 0 Å². The van der Waals surface area contributed by atoms with E-state index in [1.165, 1.54) is 18.2 Å². The average Bonchev–Trinajstić information content (AvgIpc) is 2.96. The molecule has 0 spiro atoms. The summed E-state index contributed by atoms with van der Waals surface area (Å²) in [6, 6.07) is 7.82. The first-order valence-corrected chi connectivity index (χ1v) is 8.56. The smallest absolute Gasteiger partial charge is 0.395 e. The van der Waals surface area contributed by atoms with Gasteiger partial charge in [-0.1, -0.05) is 6.07 Å². The van der Waals surface area contributed by atoms with Crippen LogP contribution in [0.15, 0.2) is 42.7 Å². The lowest BCUT2D eigenvalue weighted by atomic mass is 10.2. The van der Waals surface area contributed by atoms with Crippen LogP contribution in [-0.4, -0.2) is 53.3 Å². The molecule has 1 N–H and O–H groups in total. The zero-order valence-corrected chi connectivity index (χ0v) is 14.4. The van der Waals surface area contributed by atoms with E-state index in [1.807, 2.05) is 18.3 Å². The number of amides is 2. The molecular weight excluding hydrogens is 358 g/mol. The molecule has 1 saturated heterocycles. The van der Waals surface area contributed by atoms with E-state index >= 15 is 0 Å². The van der Waals surface area contributed by atoms with Gasteiger partial charge in [0.2, 0.25) is 0 Å². The Morgan fingerprint density at radius 1 is 1.15 bits per heavy atom. The quantitative estimate of drug-likeness (QED) is 0.892. The largest absolute Gasteiger partial charge is 0.586 e. The molecule has 1 fully saturated rings. The van der Waals surface area contributed by atoms with Crippen LogP contribution in [0.2, 0.25) is 0 Å². The Morgan fingerprint density at radius 2 is 1.93 bits per heavy atom. The predicted octanol–water partition coefficient (Wildman–Crippen LogP) is 2.75. The van der Waals surface area contributed by atoms with Crippen LogP contribution >= 0.6 is 0 Å². The highest BCUT2D eigenvalue weighted by atomic mass is 19.3. The molecule has 142 valence electrons. The van der Waals surface area contributed by atoms with E-state index < -0.39 is 6.29 Å². The summed E-state index contributed by atoms with van der Waals surface area (Å²) < 4.78 is 34.9. The van der Waals surface area contributed by atoms with E-state index in [-0.39, 0.29) is 17.5 Å². The summed E-state index contributed by atoms with van der Waals surface area (Å²) in [6.07, 6.45) is -0.0964. The van der Waals surface area contributed by atoms with E-state index in [0.29, 0.717) is 18.8 Å².